The third-order valence-electron chi connectivity index (χ3n) is 3.09. The fourth-order valence-corrected chi connectivity index (χ4v) is 2.03. The first-order valence-electron chi connectivity index (χ1n) is 6.09. The van der Waals surface area contributed by atoms with Crippen molar-refractivity contribution in [2.45, 2.75) is 0 Å². The molecule has 4 nitrogen and oxygen atoms in total. The molecule has 2 aromatic carbocycles. The molecule has 3 rings (SSSR count). The molecule has 0 radical (unpaired) electrons. The van der Waals surface area contributed by atoms with Crippen LogP contribution < -0.4 is 10.2 Å². The smallest absolute Gasteiger partial charge is 0.193 e. The van der Waals surface area contributed by atoms with Gasteiger partial charge in [-0.3, -0.25) is 4.79 Å². The number of hydrogen-bond acceptors (Lipinski definition) is 4. The Morgan fingerprint density at radius 3 is 2.50 bits per heavy atom. The van der Waals surface area contributed by atoms with E-state index in [2.05, 4.69) is 0 Å². The summed E-state index contributed by atoms with van der Waals surface area (Å²) in [6.07, 6.45) is 0. The molecule has 0 fully saturated rings. The Hall–Kier alpha value is -2.75. The minimum Gasteiger partial charge on any atom is -0.508 e. The Bertz CT molecular complexity index is 816. The zero-order valence-electron chi connectivity index (χ0n) is 10.8. The van der Waals surface area contributed by atoms with Gasteiger partial charge >= 0.3 is 0 Å². The summed E-state index contributed by atoms with van der Waals surface area (Å²) in [6, 6.07) is 13.0. The minimum absolute atomic E-state index is 0.114. The second kappa shape index (κ2) is 4.74. The van der Waals surface area contributed by atoms with E-state index in [4.69, 9.17) is 9.15 Å². The lowest BCUT2D eigenvalue weighted by molar-refractivity contribution is 0.414. The largest absolute Gasteiger partial charge is 0.508 e. The Morgan fingerprint density at radius 2 is 1.80 bits per heavy atom. The Balaban J connectivity index is 2.22. The molecule has 0 amide bonds. The molecule has 0 saturated heterocycles. The van der Waals surface area contributed by atoms with Crippen molar-refractivity contribution in [1.82, 2.24) is 0 Å². The molecule has 0 saturated carbocycles. The number of hydrogen-bond donors (Lipinski definition) is 1. The van der Waals surface area contributed by atoms with Gasteiger partial charge in [0.1, 0.15) is 22.8 Å². The van der Waals surface area contributed by atoms with Gasteiger partial charge in [-0.15, -0.1) is 0 Å². The number of phenols is 1. The van der Waals surface area contributed by atoms with Crippen molar-refractivity contribution in [1.29, 1.82) is 0 Å². The second-order valence-electron chi connectivity index (χ2n) is 4.38. The van der Waals surface area contributed by atoms with Crippen LogP contribution in [0.4, 0.5) is 0 Å². The molecule has 0 spiro atoms. The Kier molecular flexibility index (Phi) is 2.91. The van der Waals surface area contributed by atoms with Crippen molar-refractivity contribution in [3.63, 3.8) is 0 Å². The van der Waals surface area contributed by atoms with E-state index in [1.807, 2.05) is 0 Å². The number of benzene rings is 2. The monoisotopic (exact) mass is 268 g/mol. The molecule has 0 aliphatic heterocycles. The zero-order valence-corrected chi connectivity index (χ0v) is 10.8. The zero-order chi connectivity index (χ0) is 14.1. The summed E-state index contributed by atoms with van der Waals surface area (Å²) >= 11 is 0. The van der Waals surface area contributed by atoms with Gasteiger partial charge in [0, 0.05) is 17.7 Å². The first-order chi connectivity index (χ1) is 9.67. The number of methoxy groups -OCH3 is 1. The van der Waals surface area contributed by atoms with Crippen molar-refractivity contribution < 1.29 is 14.3 Å². The molecule has 1 N–H and O–H groups in total. The predicted molar refractivity (Wildman–Crippen MR) is 76.1 cm³/mol. The number of fused-ring (bicyclic) bond motifs is 1. The summed E-state index contributed by atoms with van der Waals surface area (Å²) in [7, 11) is 1.56. The van der Waals surface area contributed by atoms with E-state index < -0.39 is 0 Å². The molecule has 20 heavy (non-hydrogen) atoms. The van der Waals surface area contributed by atoms with Gasteiger partial charge in [-0.05, 0) is 36.4 Å². The summed E-state index contributed by atoms with van der Waals surface area (Å²) in [5, 5.41) is 9.80. The lowest BCUT2D eigenvalue weighted by Crippen LogP contribution is -2.00. The van der Waals surface area contributed by atoms with Gasteiger partial charge in [-0.25, -0.2) is 0 Å². The van der Waals surface area contributed by atoms with Gasteiger partial charge in [0.2, 0.25) is 0 Å². The van der Waals surface area contributed by atoms with Gasteiger partial charge in [0.15, 0.2) is 5.43 Å². The molecular weight excluding hydrogens is 256 g/mol. The number of ether oxygens (including phenoxy) is 1. The van der Waals surface area contributed by atoms with Crippen LogP contribution in [0.3, 0.4) is 0 Å². The quantitative estimate of drug-likeness (QED) is 0.775. The van der Waals surface area contributed by atoms with Crippen LogP contribution in [0.25, 0.3) is 22.3 Å². The van der Waals surface area contributed by atoms with E-state index >= 15 is 0 Å². The summed E-state index contributed by atoms with van der Waals surface area (Å²) in [5.41, 5.74) is 1.08. The summed E-state index contributed by atoms with van der Waals surface area (Å²) in [4.78, 5) is 12.1. The fourth-order valence-electron chi connectivity index (χ4n) is 2.03. The van der Waals surface area contributed by atoms with Gasteiger partial charge in [0.25, 0.3) is 0 Å². The summed E-state index contributed by atoms with van der Waals surface area (Å²) in [5.74, 6) is 1.25. The van der Waals surface area contributed by atoms with Crippen LogP contribution >= 0.6 is 0 Å². The van der Waals surface area contributed by atoms with Crippen LogP contribution in [0.5, 0.6) is 11.5 Å². The van der Waals surface area contributed by atoms with E-state index in [0.29, 0.717) is 22.5 Å². The lowest BCUT2D eigenvalue weighted by Gasteiger charge is -2.05. The highest BCUT2D eigenvalue weighted by atomic mass is 16.5. The van der Waals surface area contributed by atoms with E-state index in [-0.39, 0.29) is 11.2 Å². The van der Waals surface area contributed by atoms with Crippen LogP contribution in [0.15, 0.2) is 57.7 Å². The molecule has 0 bridgehead atoms. The van der Waals surface area contributed by atoms with Crippen molar-refractivity contribution >= 4 is 11.0 Å². The molecule has 0 atom stereocenters. The highest BCUT2D eigenvalue weighted by molar-refractivity contribution is 5.80. The molecule has 0 aliphatic rings. The van der Waals surface area contributed by atoms with E-state index in [1.165, 1.54) is 6.07 Å². The normalized spacial score (nSPS) is 10.7. The van der Waals surface area contributed by atoms with Crippen LogP contribution in [0, 0.1) is 0 Å². The van der Waals surface area contributed by atoms with Gasteiger partial charge in [0.05, 0.1) is 12.5 Å². The second-order valence-corrected chi connectivity index (χ2v) is 4.38. The van der Waals surface area contributed by atoms with Crippen LogP contribution in [-0.4, -0.2) is 12.2 Å². The van der Waals surface area contributed by atoms with Crippen LogP contribution in [0.1, 0.15) is 0 Å². The maximum Gasteiger partial charge on any atom is 0.193 e. The maximum absolute atomic E-state index is 12.1. The molecule has 0 aliphatic carbocycles. The third-order valence-corrected chi connectivity index (χ3v) is 3.09. The topological polar surface area (TPSA) is 59.7 Å². The third kappa shape index (κ3) is 2.12. The van der Waals surface area contributed by atoms with Gasteiger partial charge < -0.3 is 14.3 Å². The Labute approximate surface area is 114 Å². The number of aromatic hydroxyl groups is 1. The molecule has 1 aromatic heterocycles. The molecule has 1 heterocycles. The highest BCUT2D eigenvalue weighted by Crippen LogP contribution is 2.25. The van der Waals surface area contributed by atoms with Crippen molar-refractivity contribution in [3.05, 3.63) is 58.8 Å². The minimum atomic E-state index is -0.114. The standard InChI is InChI=1S/C16H12O4/c1-19-12-6-7-13-14(18)9-15(20-16(13)8-12)10-2-4-11(17)5-3-10/h2-9,17H,1H3. The fraction of sp³-hybridized carbons (Fsp3) is 0.0625. The lowest BCUT2D eigenvalue weighted by atomic mass is 10.1. The molecule has 100 valence electrons. The average Bonchev–Trinajstić information content (AvgIpc) is 2.47. The van der Waals surface area contributed by atoms with Gasteiger partial charge in [-0.2, -0.15) is 0 Å². The van der Waals surface area contributed by atoms with Crippen molar-refractivity contribution in [2.75, 3.05) is 7.11 Å². The number of phenolic OH excluding ortho intramolecular Hbond substituents is 1. The van der Waals surface area contributed by atoms with Crippen LogP contribution in [0.2, 0.25) is 0 Å². The van der Waals surface area contributed by atoms with E-state index in [1.54, 1.807) is 49.6 Å². The molecule has 0 unspecified atom stereocenters. The maximum atomic E-state index is 12.1. The first-order valence-corrected chi connectivity index (χ1v) is 6.09. The molecule has 3 aromatic rings. The van der Waals surface area contributed by atoms with Crippen molar-refractivity contribution in [3.8, 4) is 22.8 Å². The van der Waals surface area contributed by atoms with E-state index in [0.717, 1.165) is 5.56 Å². The van der Waals surface area contributed by atoms with E-state index in [9.17, 15) is 9.90 Å². The summed E-state index contributed by atoms with van der Waals surface area (Å²) in [6.45, 7) is 0. The summed E-state index contributed by atoms with van der Waals surface area (Å²) < 4.78 is 10.9. The number of rotatable bonds is 2. The van der Waals surface area contributed by atoms with Gasteiger partial charge in [-0.1, -0.05) is 0 Å². The molecule has 4 heteroatoms. The molecular formula is C16H12O4. The Morgan fingerprint density at radius 1 is 1.05 bits per heavy atom. The average molecular weight is 268 g/mol. The van der Waals surface area contributed by atoms with Crippen molar-refractivity contribution in [2.24, 2.45) is 0 Å². The van der Waals surface area contributed by atoms with Crippen LogP contribution in [-0.2, 0) is 0 Å². The predicted octanol–water partition coefficient (Wildman–Crippen LogP) is 3.17. The highest BCUT2D eigenvalue weighted by Gasteiger charge is 2.08. The SMILES string of the molecule is COc1ccc2c(=O)cc(-c3ccc(O)cc3)oc2c1. The first kappa shape index (κ1) is 12.3.